The smallest absolute Gasteiger partial charge is 0.296 e. The molecule has 1 aromatic carbocycles. The second-order valence-electron chi connectivity index (χ2n) is 7.82. The summed E-state index contributed by atoms with van der Waals surface area (Å²) in [5.41, 5.74) is -3.56. The fraction of sp³-hybridized carbons (Fsp3) is 0.524. The third-order valence-corrected chi connectivity index (χ3v) is 5.73. The normalized spacial score (nSPS) is 23.7. The summed E-state index contributed by atoms with van der Waals surface area (Å²) < 4.78 is 118. The van der Waals surface area contributed by atoms with Crippen LogP contribution in [0.3, 0.4) is 0 Å². The average molecular weight is 457 g/mol. The van der Waals surface area contributed by atoms with Gasteiger partial charge in [0, 0.05) is 12.6 Å². The SMILES string of the molecule is FC(F)(F)C1=CCC([C@H]2CCCCN2Cc2cc(C(F)(F)F)ccc2C(F)(F)F)C=C1. The van der Waals surface area contributed by atoms with Crippen LogP contribution in [0.15, 0.2) is 42.0 Å². The highest BCUT2D eigenvalue weighted by atomic mass is 19.4. The Labute approximate surface area is 173 Å². The first-order valence-corrected chi connectivity index (χ1v) is 9.74. The van der Waals surface area contributed by atoms with Gasteiger partial charge in [-0.3, -0.25) is 4.90 Å². The lowest BCUT2D eigenvalue weighted by Crippen LogP contribution is -2.43. The van der Waals surface area contributed by atoms with Gasteiger partial charge >= 0.3 is 18.5 Å². The van der Waals surface area contributed by atoms with Gasteiger partial charge in [-0.05, 0) is 55.5 Å². The van der Waals surface area contributed by atoms with E-state index >= 15 is 0 Å². The van der Waals surface area contributed by atoms with Gasteiger partial charge in [0.25, 0.3) is 0 Å². The molecule has 172 valence electrons. The van der Waals surface area contributed by atoms with Gasteiger partial charge in [0.1, 0.15) is 0 Å². The molecule has 3 rings (SSSR count). The van der Waals surface area contributed by atoms with Gasteiger partial charge in [0.2, 0.25) is 0 Å². The fourth-order valence-corrected chi connectivity index (χ4v) is 4.23. The molecule has 1 nitrogen and oxygen atoms in total. The van der Waals surface area contributed by atoms with Gasteiger partial charge in [-0.1, -0.05) is 24.6 Å². The van der Waals surface area contributed by atoms with E-state index in [1.165, 1.54) is 6.08 Å². The Kier molecular flexibility index (Phi) is 6.51. The maximum absolute atomic E-state index is 13.4. The molecular formula is C21H20F9N. The Hall–Kier alpha value is -1.97. The van der Waals surface area contributed by atoms with Crippen LogP contribution >= 0.6 is 0 Å². The zero-order valence-corrected chi connectivity index (χ0v) is 16.2. The minimum Gasteiger partial charge on any atom is -0.296 e. The number of piperidine rings is 1. The number of likely N-dealkylation sites (tertiary alicyclic amines) is 1. The minimum atomic E-state index is -4.82. The van der Waals surface area contributed by atoms with Crippen LogP contribution in [0.1, 0.15) is 42.4 Å². The first-order chi connectivity index (χ1) is 14.3. The molecule has 1 aliphatic heterocycles. The molecule has 0 amide bonds. The number of nitrogens with zero attached hydrogens (tertiary/aromatic N) is 1. The van der Waals surface area contributed by atoms with Crippen LogP contribution in [0.4, 0.5) is 39.5 Å². The van der Waals surface area contributed by atoms with Gasteiger partial charge in [0.05, 0.1) is 16.7 Å². The number of hydrogen-bond donors (Lipinski definition) is 0. The first kappa shape index (κ1) is 23.7. The Morgan fingerprint density at radius 1 is 0.871 bits per heavy atom. The van der Waals surface area contributed by atoms with Gasteiger partial charge in [-0.2, -0.15) is 39.5 Å². The van der Waals surface area contributed by atoms with Crippen molar-refractivity contribution in [2.45, 2.75) is 56.8 Å². The van der Waals surface area contributed by atoms with Crippen molar-refractivity contribution in [3.05, 3.63) is 58.7 Å². The highest BCUT2D eigenvalue weighted by Gasteiger charge is 2.39. The summed E-state index contributed by atoms with van der Waals surface area (Å²) in [5, 5.41) is 0. The van der Waals surface area contributed by atoms with E-state index in [0.717, 1.165) is 18.6 Å². The molecule has 0 aromatic heterocycles. The molecule has 2 atom stereocenters. The molecule has 2 aliphatic rings. The lowest BCUT2D eigenvalue weighted by molar-refractivity contribution is -0.142. The number of hydrogen-bond acceptors (Lipinski definition) is 1. The van der Waals surface area contributed by atoms with Crippen LogP contribution < -0.4 is 0 Å². The van der Waals surface area contributed by atoms with Gasteiger partial charge < -0.3 is 0 Å². The average Bonchev–Trinajstić information content (AvgIpc) is 2.66. The molecular weight excluding hydrogens is 437 g/mol. The number of rotatable bonds is 3. The van der Waals surface area contributed by atoms with Crippen molar-refractivity contribution in [2.24, 2.45) is 5.92 Å². The summed E-state index contributed by atoms with van der Waals surface area (Å²) in [6.45, 7) is 0.00199. The highest BCUT2D eigenvalue weighted by molar-refractivity contribution is 5.36. The van der Waals surface area contributed by atoms with Crippen molar-refractivity contribution < 1.29 is 39.5 Å². The summed E-state index contributed by atoms with van der Waals surface area (Å²) in [5.74, 6) is -0.355. The summed E-state index contributed by atoms with van der Waals surface area (Å²) >= 11 is 0. The Balaban J connectivity index is 1.87. The van der Waals surface area contributed by atoms with Gasteiger partial charge in [0.15, 0.2) is 0 Å². The van der Waals surface area contributed by atoms with Crippen LogP contribution in [0, 0.1) is 5.92 Å². The number of alkyl halides is 9. The van der Waals surface area contributed by atoms with Crippen LogP contribution in [0.2, 0.25) is 0 Å². The molecule has 1 aromatic rings. The van der Waals surface area contributed by atoms with E-state index in [1.54, 1.807) is 4.90 Å². The van der Waals surface area contributed by atoms with Crippen LogP contribution in [-0.2, 0) is 18.9 Å². The van der Waals surface area contributed by atoms with Crippen LogP contribution in [0.5, 0.6) is 0 Å². The minimum absolute atomic E-state index is 0.0707. The van der Waals surface area contributed by atoms with Crippen LogP contribution in [-0.4, -0.2) is 23.7 Å². The Morgan fingerprint density at radius 2 is 1.58 bits per heavy atom. The zero-order valence-electron chi connectivity index (χ0n) is 16.2. The first-order valence-electron chi connectivity index (χ1n) is 9.74. The summed E-state index contributed by atoms with van der Waals surface area (Å²) in [6, 6.07) is 1.02. The molecule has 1 unspecified atom stereocenters. The Bertz CT molecular complexity index is 846. The lowest BCUT2D eigenvalue weighted by Gasteiger charge is -2.40. The third kappa shape index (κ3) is 5.64. The van der Waals surface area contributed by atoms with Crippen molar-refractivity contribution in [3.8, 4) is 0 Å². The molecule has 31 heavy (non-hydrogen) atoms. The molecule has 10 heteroatoms. The van der Waals surface area contributed by atoms with E-state index in [4.69, 9.17) is 0 Å². The molecule has 0 saturated carbocycles. The summed E-state index contributed by atoms with van der Waals surface area (Å²) in [4.78, 5) is 1.66. The Morgan fingerprint density at radius 3 is 2.13 bits per heavy atom. The molecule has 1 fully saturated rings. The predicted octanol–water partition coefficient (Wildman–Crippen LogP) is 7.14. The maximum Gasteiger partial charge on any atom is 0.416 e. The quantitative estimate of drug-likeness (QED) is 0.436. The second-order valence-corrected chi connectivity index (χ2v) is 7.82. The van der Waals surface area contributed by atoms with E-state index in [1.807, 2.05) is 0 Å². The van der Waals surface area contributed by atoms with Gasteiger partial charge in [-0.15, -0.1) is 0 Å². The van der Waals surface area contributed by atoms with Crippen molar-refractivity contribution >= 4 is 0 Å². The molecule has 0 radical (unpaired) electrons. The van der Waals surface area contributed by atoms with E-state index in [2.05, 4.69) is 0 Å². The molecule has 0 N–H and O–H groups in total. The summed E-state index contributed by atoms with van der Waals surface area (Å²) in [7, 11) is 0. The second kappa shape index (κ2) is 8.52. The number of benzene rings is 1. The van der Waals surface area contributed by atoms with Crippen molar-refractivity contribution in [3.63, 3.8) is 0 Å². The van der Waals surface area contributed by atoms with Gasteiger partial charge in [-0.25, -0.2) is 0 Å². The van der Waals surface area contributed by atoms with E-state index in [-0.39, 0.29) is 24.9 Å². The standard InChI is InChI=1S/C21H20F9N/c22-19(23,24)15-6-4-13(5-7-15)18-3-1-2-10-31(18)12-14-11-16(20(25,26)27)8-9-17(14)21(28,29)30/h4,6-9,11,13,18H,1-3,5,10,12H2/t13?,18-/m1/s1. The molecule has 1 saturated heterocycles. The van der Waals surface area contributed by atoms with E-state index in [9.17, 15) is 39.5 Å². The molecule has 0 bridgehead atoms. The van der Waals surface area contributed by atoms with Crippen molar-refractivity contribution in [1.29, 1.82) is 0 Å². The zero-order chi connectivity index (χ0) is 23.0. The third-order valence-electron chi connectivity index (χ3n) is 5.73. The fourth-order valence-electron chi connectivity index (χ4n) is 4.23. The monoisotopic (exact) mass is 457 g/mol. The number of halogens is 9. The number of allylic oxidation sites excluding steroid dienone is 3. The lowest BCUT2D eigenvalue weighted by atomic mass is 9.84. The van der Waals surface area contributed by atoms with E-state index in [0.29, 0.717) is 37.6 Å². The van der Waals surface area contributed by atoms with Crippen LogP contribution in [0.25, 0.3) is 0 Å². The van der Waals surface area contributed by atoms with E-state index < -0.39 is 40.8 Å². The van der Waals surface area contributed by atoms with Crippen molar-refractivity contribution in [2.75, 3.05) is 6.54 Å². The topological polar surface area (TPSA) is 3.24 Å². The highest BCUT2D eigenvalue weighted by Crippen LogP contribution is 2.39. The maximum atomic E-state index is 13.4. The summed E-state index contributed by atoms with van der Waals surface area (Å²) in [6.07, 6.45) is -8.64. The predicted molar refractivity (Wildman–Crippen MR) is 95.9 cm³/mol. The molecule has 0 spiro atoms. The molecule has 1 heterocycles. The largest absolute Gasteiger partial charge is 0.416 e. The molecule has 1 aliphatic carbocycles. The van der Waals surface area contributed by atoms with Crippen molar-refractivity contribution in [1.82, 2.24) is 4.90 Å².